The third kappa shape index (κ3) is 5.65. The molecule has 3 N–H and O–H groups in total. The highest BCUT2D eigenvalue weighted by Crippen LogP contribution is 2.31. The largest absolute Gasteiger partial charge is 0.488 e. The molecule has 1 unspecified atom stereocenters. The van der Waals surface area contributed by atoms with Gasteiger partial charge in [-0.2, -0.15) is 0 Å². The molecule has 9 nitrogen and oxygen atoms in total. The second-order valence-electron chi connectivity index (χ2n) is 8.46. The highest BCUT2D eigenvalue weighted by atomic mass is 35.5. The molecule has 4 atom stereocenters. The molecule has 3 heterocycles. The third-order valence-electron chi connectivity index (χ3n) is 6.22. The van der Waals surface area contributed by atoms with Gasteiger partial charge in [-0.1, -0.05) is 0 Å². The van der Waals surface area contributed by atoms with Crippen LogP contribution in [0.15, 0.2) is 18.2 Å². The van der Waals surface area contributed by atoms with Crippen LogP contribution in [0.25, 0.3) is 0 Å². The summed E-state index contributed by atoms with van der Waals surface area (Å²) in [5.41, 5.74) is 5.87. The van der Waals surface area contributed by atoms with E-state index >= 15 is 4.39 Å². The van der Waals surface area contributed by atoms with Crippen LogP contribution in [0, 0.1) is 11.7 Å². The van der Waals surface area contributed by atoms with Gasteiger partial charge < -0.3 is 19.9 Å². The van der Waals surface area contributed by atoms with Crippen molar-refractivity contribution < 1.29 is 37.4 Å². The molecule has 0 saturated carbocycles. The van der Waals surface area contributed by atoms with Crippen molar-refractivity contribution in [1.82, 2.24) is 10.2 Å². The quantitative estimate of drug-likeness (QED) is 0.546. The lowest BCUT2D eigenvalue weighted by molar-refractivity contribution is -0.146. The molecule has 0 aromatic heterocycles. The average molecular weight is 504 g/mol. The summed E-state index contributed by atoms with van der Waals surface area (Å²) in [5, 5.41) is 2.13. The van der Waals surface area contributed by atoms with Crippen molar-refractivity contribution >= 4 is 30.3 Å². The number of nitrogens with zero attached hydrogens (tertiary/aromatic N) is 1. The lowest BCUT2D eigenvalue weighted by atomic mass is 9.91. The first-order valence-electron chi connectivity index (χ1n) is 11.0. The zero-order valence-electron chi connectivity index (χ0n) is 18.4. The summed E-state index contributed by atoms with van der Waals surface area (Å²) in [7, 11) is 0. The fourth-order valence-electron chi connectivity index (χ4n) is 4.35. The Bertz CT molecular complexity index is 911. The molecule has 0 spiro atoms. The second kappa shape index (κ2) is 11.4. The summed E-state index contributed by atoms with van der Waals surface area (Å²) in [6.45, 7) is 1.73. The Morgan fingerprint density at radius 2 is 1.85 bits per heavy atom. The van der Waals surface area contributed by atoms with Gasteiger partial charge in [0, 0.05) is 37.7 Å². The Morgan fingerprint density at radius 3 is 2.53 bits per heavy atom. The van der Waals surface area contributed by atoms with Crippen molar-refractivity contribution in [2.24, 2.45) is 11.7 Å². The van der Waals surface area contributed by atoms with Crippen LogP contribution in [0.5, 0.6) is 5.75 Å². The van der Waals surface area contributed by atoms with Crippen LogP contribution in [-0.2, 0) is 19.1 Å². The molecule has 1 aromatic rings. The van der Waals surface area contributed by atoms with E-state index in [1.165, 1.54) is 12.1 Å². The number of hydrogen-bond acceptors (Lipinski definition) is 7. The lowest BCUT2D eigenvalue weighted by Crippen LogP contribution is -2.62. The van der Waals surface area contributed by atoms with Gasteiger partial charge in [-0.3, -0.25) is 19.8 Å². The highest BCUT2D eigenvalue weighted by molar-refractivity contribution is 6.16. The smallest absolute Gasteiger partial charge is 0.331 e. The average Bonchev–Trinajstić information content (AvgIpc) is 3.31. The topological polar surface area (TPSA) is 120 Å². The summed E-state index contributed by atoms with van der Waals surface area (Å²) in [4.78, 5) is 38.5. The van der Waals surface area contributed by atoms with Crippen LogP contribution in [0.1, 0.15) is 37.3 Å². The molecule has 4 amide bonds. The van der Waals surface area contributed by atoms with E-state index in [1.807, 2.05) is 0 Å². The van der Waals surface area contributed by atoms with Gasteiger partial charge in [-0.05, 0) is 31.0 Å². The Hall–Kier alpha value is -2.34. The number of barbiturate groups is 1. The Labute approximate surface area is 201 Å². The molecule has 3 fully saturated rings. The number of nitrogens with one attached hydrogen (secondary N) is 1. The minimum Gasteiger partial charge on any atom is -0.488 e. The first kappa shape index (κ1) is 26.3. The molecule has 34 heavy (non-hydrogen) atoms. The standard InChI is InChI=1S/C22H27F2N3O6.ClH/c23-17-2-1-13(33-14-5-8-32-11-14)9-15(17)19(25)18(24)10-16-20(28)26-22(30)27(21(16)29)12-3-6-31-7-4-12;/h1-2,9,12,14,16,18-19H,3-8,10-11,25H2,(H,26,28,30);1H/t14-,16?,18-,19-;/m0./s1. The van der Waals surface area contributed by atoms with Gasteiger partial charge in [-0.15, -0.1) is 12.4 Å². The summed E-state index contributed by atoms with van der Waals surface area (Å²) >= 11 is 0. The number of carbonyl (C=O) groups is 3. The molecule has 3 saturated heterocycles. The van der Waals surface area contributed by atoms with Crippen LogP contribution >= 0.6 is 12.4 Å². The summed E-state index contributed by atoms with van der Waals surface area (Å²) in [6, 6.07) is 1.19. The number of hydrogen-bond donors (Lipinski definition) is 2. The predicted molar refractivity (Wildman–Crippen MR) is 118 cm³/mol. The van der Waals surface area contributed by atoms with Crippen LogP contribution in [-0.4, -0.2) is 67.5 Å². The Balaban J connectivity index is 0.00000324. The molecule has 0 radical (unpaired) electrons. The SMILES string of the molecule is Cl.N[C@@H](c1cc(O[C@H]2CCOC2)ccc1F)[C@@H](F)CC1C(=O)NC(=O)N(C2CCOCC2)C1=O. The number of imide groups is 2. The maximum atomic E-state index is 15.2. The predicted octanol–water partition coefficient (Wildman–Crippen LogP) is 2.02. The van der Waals surface area contributed by atoms with E-state index in [0.29, 0.717) is 51.4 Å². The number of nitrogens with two attached hydrogens (primary N) is 1. The number of amides is 4. The fraction of sp³-hybridized carbons (Fsp3) is 0.591. The molecule has 3 aliphatic rings. The fourth-order valence-corrected chi connectivity index (χ4v) is 4.35. The Kier molecular flexibility index (Phi) is 8.80. The van der Waals surface area contributed by atoms with E-state index in [4.69, 9.17) is 19.9 Å². The van der Waals surface area contributed by atoms with Gasteiger partial charge in [0.1, 0.15) is 29.8 Å². The molecule has 4 rings (SSSR count). The van der Waals surface area contributed by atoms with Crippen molar-refractivity contribution in [1.29, 1.82) is 0 Å². The molecule has 188 valence electrons. The summed E-state index contributed by atoms with van der Waals surface area (Å²) in [5.74, 6) is -3.50. The second-order valence-corrected chi connectivity index (χ2v) is 8.46. The van der Waals surface area contributed by atoms with E-state index in [0.717, 1.165) is 11.0 Å². The van der Waals surface area contributed by atoms with Crippen LogP contribution in [0.3, 0.4) is 0 Å². The van der Waals surface area contributed by atoms with Crippen molar-refractivity contribution in [3.63, 3.8) is 0 Å². The van der Waals surface area contributed by atoms with Gasteiger partial charge in [-0.25, -0.2) is 13.6 Å². The van der Waals surface area contributed by atoms with E-state index in [-0.39, 0.29) is 24.1 Å². The number of urea groups is 1. The van der Waals surface area contributed by atoms with Crippen LogP contribution < -0.4 is 15.8 Å². The van der Waals surface area contributed by atoms with Gasteiger partial charge in [0.2, 0.25) is 11.8 Å². The number of carbonyl (C=O) groups excluding carboxylic acids is 3. The van der Waals surface area contributed by atoms with Crippen molar-refractivity contribution in [2.75, 3.05) is 26.4 Å². The van der Waals surface area contributed by atoms with Gasteiger partial charge >= 0.3 is 6.03 Å². The molecule has 12 heteroatoms. The zero-order valence-corrected chi connectivity index (χ0v) is 19.2. The maximum absolute atomic E-state index is 15.2. The number of benzene rings is 1. The molecule has 3 aliphatic heterocycles. The number of rotatable bonds is 7. The molecular formula is C22H28ClF2N3O6. The number of halogens is 3. The highest BCUT2D eigenvalue weighted by Gasteiger charge is 2.45. The maximum Gasteiger partial charge on any atom is 0.331 e. The molecule has 0 aliphatic carbocycles. The molecule has 0 bridgehead atoms. The minimum absolute atomic E-state index is 0. The lowest BCUT2D eigenvalue weighted by Gasteiger charge is -2.37. The van der Waals surface area contributed by atoms with Crippen molar-refractivity contribution in [2.45, 2.75) is 50.0 Å². The van der Waals surface area contributed by atoms with Crippen LogP contribution in [0.4, 0.5) is 13.6 Å². The number of ether oxygens (including phenoxy) is 3. The first-order chi connectivity index (χ1) is 15.8. The third-order valence-corrected chi connectivity index (χ3v) is 6.22. The van der Waals surface area contributed by atoms with Gasteiger partial charge in [0.25, 0.3) is 0 Å². The minimum atomic E-state index is -1.92. The normalized spacial score (nSPS) is 25.5. The van der Waals surface area contributed by atoms with Crippen molar-refractivity contribution in [3.8, 4) is 5.75 Å². The first-order valence-corrected chi connectivity index (χ1v) is 11.0. The summed E-state index contributed by atoms with van der Waals surface area (Å²) in [6.07, 6.45) is -1.14. The van der Waals surface area contributed by atoms with E-state index in [1.54, 1.807) is 0 Å². The van der Waals surface area contributed by atoms with E-state index < -0.39 is 54.3 Å². The molecule has 1 aromatic carbocycles. The van der Waals surface area contributed by atoms with Gasteiger partial charge in [0.05, 0.1) is 19.3 Å². The summed E-state index contributed by atoms with van der Waals surface area (Å²) < 4.78 is 45.9. The van der Waals surface area contributed by atoms with E-state index in [2.05, 4.69) is 5.32 Å². The van der Waals surface area contributed by atoms with Crippen molar-refractivity contribution in [3.05, 3.63) is 29.6 Å². The van der Waals surface area contributed by atoms with Gasteiger partial charge in [0.15, 0.2) is 0 Å². The van der Waals surface area contributed by atoms with Crippen LogP contribution in [0.2, 0.25) is 0 Å². The zero-order chi connectivity index (χ0) is 23.5. The van der Waals surface area contributed by atoms with E-state index in [9.17, 15) is 18.8 Å². The Morgan fingerprint density at radius 1 is 1.15 bits per heavy atom. The molecular weight excluding hydrogens is 476 g/mol. The number of alkyl halides is 1. The monoisotopic (exact) mass is 503 g/mol.